The van der Waals surface area contributed by atoms with Crippen LogP contribution in [0, 0.1) is 11.3 Å². The minimum Gasteiger partial charge on any atom is -0.368 e. The van der Waals surface area contributed by atoms with E-state index in [2.05, 4.69) is 35.3 Å². The molecule has 18 heavy (non-hydrogen) atoms. The van der Waals surface area contributed by atoms with E-state index < -0.39 is 0 Å². The highest BCUT2D eigenvalue weighted by atomic mass is 15.2. The van der Waals surface area contributed by atoms with Gasteiger partial charge in [-0.2, -0.15) is 5.26 Å². The van der Waals surface area contributed by atoms with Crippen LogP contribution < -0.4 is 10.2 Å². The van der Waals surface area contributed by atoms with Gasteiger partial charge >= 0.3 is 0 Å². The Labute approximate surface area is 109 Å². The first-order valence-corrected chi connectivity index (χ1v) is 6.33. The summed E-state index contributed by atoms with van der Waals surface area (Å²) < 4.78 is 0. The van der Waals surface area contributed by atoms with Crippen molar-refractivity contribution in [1.29, 1.82) is 5.26 Å². The van der Waals surface area contributed by atoms with Crippen molar-refractivity contribution < 1.29 is 0 Å². The zero-order valence-electron chi connectivity index (χ0n) is 11.1. The second-order valence-corrected chi connectivity index (χ2v) is 4.99. The van der Waals surface area contributed by atoms with Crippen molar-refractivity contribution in [1.82, 2.24) is 10.2 Å². The van der Waals surface area contributed by atoms with Gasteiger partial charge in [0.05, 0.1) is 11.3 Å². The summed E-state index contributed by atoms with van der Waals surface area (Å²) in [5.74, 6) is 0. The molecular weight excluding hydrogens is 224 g/mol. The first kappa shape index (κ1) is 12.9. The van der Waals surface area contributed by atoms with Crippen molar-refractivity contribution in [2.75, 3.05) is 45.2 Å². The van der Waals surface area contributed by atoms with E-state index in [-0.39, 0.29) is 0 Å². The molecule has 1 fully saturated rings. The number of benzene rings is 1. The number of hydrogen-bond donors (Lipinski definition) is 1. The Bertz CT molecular complexity index is 436. The summed E-state index contributed by atoms with van der Waals surface area (Å²) >= 11 is 0. The summed E-state index contributed by atoms with van der Waals surface area (Å²) in [4.78, 5) is 4.50. The van der Waals surface area contributed by atoms with Crippen molar-refractivity contribution in [3.05, 3.63) is 29.8 Å². The third-order valence-electron chi connectivity index (χ3n) is 3.21. The fraction of sp³-hybridized carbons (Fsp3) is 0.500. The quantitative estimate of drug-likeness (QED) is 0.858. The molecule has 1 saturated heterocycles. The minimum atomic E-state index is 0.459. The molecule has 0 saturated carbocycles. The lowest BCUT2D eigenvalue weighted by atomic mass is 10.1. The van der Waals surface area contributed by atoms with Gasteiger partial charge in [0, 0.05) is 32.2 Å². The summed E-state index contributed by atoms with van der Waals surface area (Å²) in [5, 5.41) is 12.7. The molecule has 4 nitrogen and oxygen atoms in total. The molecule has 1 aliphatic heterocycles. The van der Waals surface area contributed by atoms with Gasteiger partial charge in [-0.25, -0.2) is 0 Å². The Balaban J connectivity index is 2.11. The molecule has 1 heterocycles. The maximum Gasteiger partial charge on any atom is 0.101 e. The van der Waals surface area contributed by atoms with Gasteiger partial charge in [-0.05, 0) is 26.2 Å². The lowest BCUT2D eigenvalue weighted by Crippen LogP contribution is -2.54. The highest BCUT2D eigenvalue weighted by Crippen LogP contribution is 2.20. The fourth-order valence-electron chi connectivity index (χ4n) is 2.45. The average molecular weight is 244 g/mol. The molecular formula is C14H20N4. The number of likely N-dealkylation sites (N-methyl/N-ethyl adjacent to an activating group) is 1. The number of hydrogen-bond acceptors (Lipinski definition) is 4. The number of nitrogens with zero attached hydrogens (tertiary/aromatic N) is 3. The predicted octanol–water partition coefficient (Wildman–Crippen LogP) is 0.898. The van der Waals surface area contributed by atoms with Crippen molar-refractivity contribution in [2.24, 2.45) is 0 Å². The second-order valence-electron chi connectivity index (χ2n) is 4.99. The zero-order valence-corrected chi connectivity index (χ0v) is 11.1. The van der Waals surface area contributed by atoms with Crippen LogP contribution in [0.3, 0.4) is 0 Å². The van der Waals surface area contributed by atoms with Crippen molar-refractivity contribution in [3.8, 4) is 6.07 Å². The van der Waals surface area contributed by atoms with Crippen LogP contribution in [-0.4, -0.2) is 51.2 Å². The maximum atomic E-state index is 9.16. The largest absolute Gasteiger partial charge is 0.368 e. The Morgan fingerprint density at radius 3 is 2.94 bits per heavy atom. The molecule has 0 amide bonds. The number of para-hydroxylation sites is 1. The monoisotopic (exact) mass is 244 g/mol. The maximum absolute atomic E-state index is 9.16. The van der Waals surface area contributed by atoms with Gasteiger partial charge in [0.15, 0.2) is 0 Å². The first-order valence-electron chi connectivity index (χ1n) is 6.33. The summed E-state index contributed by atoms with van der Waals surface area (Å²) in [6.45, 7) is 3.91. The van der Waals surface area contributed by atoms with E-state index in [0.717, 1.165) is 37.4 Å². The van der Waals surface area contributed by atoms with Crippen LogP contribution in [0.5, 0.6) is 0 Å². The van der Waals surface area contributed by atoms with Gasteiger partial charge in [0.25, 0.3) is 0 Å². The van der Waals surface area contributed by atoms with Crippen molar-refractivity contribution in [3.63, 3.8) is 0 Å². The van der Waals surface area contributed by atoms with Gasteiger partial charge in [0.2, 0.25) is 0 Å². The number of piperazine rings is 1. The molecule has 0 bridgehead atoms. The van der Waals surface area contributed by atoms with E-state index in [0.29, 0.717) is 6.04 Å². The minimum absolute atomic E-state index is 0.459. The number of rotatable bonds is 3. The Morgan fingerprint density at radius 1 is 1.44 bits per heavy atom. The molecule has 2 rings (SSSR count). The third kappa shape index (κ3) is 3.00. The summed E-state index contributed by atoms with van der Waals surface area (Å²) in [7, 11) is 4.17. The molecule has 0 radical (unpaired) electrons. The summed E-state index contributed by atoms with van der Waals surface area (Å²) in [5.41, 5.74) is 1.83. The van der Waals surface area contributed by atoms with Gasteiger partial charge in [-0.3, -0.25) is 0 Å². The van der Waals surface area contributed by atoms with Crippen LogP contribution in [0.15, 0.2) is 24.3 Å². The lowest BCUT2D eigenvalue weighted by Gasteiger charge is -2.36. The Kier molecular flexibility index (Phi) is 4.19. The van der Waals surface area contributed by atoms with Crippen LogP contribution in [0.25, 0.3) is 0 Å². The Hall–Kier alpha value is -1.57. The fourth-order valence-corrected chi connectivity index (χ4v) is 2.45. The first-order chi connectivity index (χ1) is 8.70. The van der Waals surface area contributed by atoms with E-state index in [1.165, 1.54) is 0 Å². The lowest BCUT2D eigenvalue weighted by molar-refractivity contribution is 0.323. The molecule has 0 aromatic heterocycles. The SMILES string of the molecule is CN(C)CC1CN(c2ccccc2C#N)CCN1. The van der Waals surface area contributed by atoms with Gasteiger partial charge < -0.3 is 15.1 Å². The number of nitriles is 1. The molecule has 1 atom stereocenters. The molecule has 1 aromatic carbocycles. The molecule has 96 valence electrons. The van der Waals surface area contributed by atoms with Gasteiger partial charge in [-0.1, -0.05) is 12.1 Å². The molecule has 1 N–H and O–H groups in total. The van der Waals surface area contributed by atoms with E-state index in [1.807, 2.05) is 24.3 Å². The Morgan fingerprint density at radius 2 is 2.22 bits per heavy atom. The average Bonchev–Trinajstić information content (AvgIpc) is 2.38. The highest BCUT2D eigenvalue weighted by molar-refractivity contribution is 5.59. The predicted molar refractivity (Wildman–Crippen MR) is 73.7 cm³/mol. The van der Waals surface area contributed by atoms with Crippen molar-refractivity contribution in [2.45, 2.75) is 6.04 Å². The number of anilines is 1. The number of nitrogens with one attached hydrogen (secondary N) is 1. The molecule has 0 spiro atoms. The topological polar surface area (TPSA) is 42.3 Å². The van der Waals surface area contributed by atoms with Crippen LogP contribution in [0.1, 0.15) is 5.56 Å². The molecule has 0 aliphatic carbocycles. The van der Waals surface area contributed by atoms with E-state index >= 15 is 0 Å². The summed E-state index contributed by atoms with van der Waals surface area (Å²) in [6.07, 6.45) is 0. The highest BCUT2D eigenvalue weighted by Gasteiger charge is 2.21. The molecule has 1 aliphatic rings. The van der Waals surface area contributed by atoms with Crippen LogP contribution in [0.4, 0.5) is 5.69 Å². The van der Waals surface area contributed by atoms with E-state index in [1.54, 1.807) is 0 Å². The third-order valence-corrected chi connectivity index (χ3v) is 3.21. The van der Waals surface area contributed by atoms with Gasteiger partial charge in [-0.15, -0.1) is 0 Å². The van der Waals surface area contributed by atoms with Crippen LogP contribution >= 0.6 is 0 Å². The van der Waals surface area contributed by atoms with E-state index in [4.69, 9.17) is 5.26 Å². The van der Waals surface area contributed by atoms with Crippen molar-refractivity contribution >= 4 is 5.69 Å². The molecule has 4 heteroatoms. The standard InChI is InChI=1S/C14H20N4/c1-17(2)10-13-11-18(8-7-16-13)14-6-4-3-5-12(14)9-15/h3-6,13,16H,7-8,10-11H2,1-2H3. The molecule has 1 unspecified atom stereocenters. The zero-order chi connectivity index (χ0) is 13.0. The van der Waals surface area contributed by atoms with Crippen LogP contribution in [0.2, 0.25) is 0 Å². The van der Waals surface area contributed by atoms with Crippen LogP contribution in [-0.2, 0) is 0 Å². The summed E-state index contributed by atoms with van der Waals surface area (Å²) in [6, 6.07) is 10.6. The normalized spacial score (nSPS) is 19.9. The second kappa shape index (κ2) is 5.85. The van der Waals surface area contributed by atoms with Gasteiger partial charge in [0.1, 0.15) is 6.07 Å². The molecule has 1 aromatic rings. The smallest absolute Gasteiger partial charge is 0.101 e. The van der Waals surface area contributed by atoms with E-state index in [9.17, 15) is 0 Å².